The average molecular weight is 449 g/mol. The lowest BCUT2D eigenvalue weighted by atomic mass is 9.99. The van der Waals surface area contributed by atoms with Crippen LogP contribution in [0.15, 0.2) is 48.5 Å². The highest BCUT2D eigenvalue weighted by Gasteiger charge is 2.32. The van der Waals surface area contributed by atoms with Crippen LogP contribution >= 0.6 is 11.6 Å². The first-order chi connectivity index (χ1) is 14.3. The second-order valence-corrected chi connectivity index (χ2v) is 10.4. The van der Waals surface area contributed by atoms with Crippen LogP contribution < -0.4 is 5.32 Å². The van der Waals surface area contributed by atoms with E-state index in [1.165, 1.54) is 15.4 Å². The second kappa shape index (κ2) is 10.4. The predicted molar refractivity (Wildman–Crippen MR) is 121 cm³/mol. The van der Waals surface area contributed by atoms with E-state index in [0.29, 0.717) is 36.5 Å². The maximum Gasteiger partial charge on any atom is 0.224 e. The fourth-order valence-electron chi connectivity index (χ4n) is 3.74. The van der Waals surface area contributed by atoms with Crippen LogP contribution in [0.3, 0.4) is 0 Å². The molecule has 0 radical (unpaired) electrons. The molecule has 162 valence electrons. The Balaban J connectivity index is 1.48. The van der Waals surface area contributed by atoms with Gasteiger partial charge in [-0.3, -0.25) is 4.79 Å². The fourth-order valence-corrected chi connectivity index (χ4v) is 5.55. The smallest absolute Gasteiger partial charge is 0.224 e. The Kier molecular flexibility index (Phi) is 7.92. The Morgan fingerprint density at radius 1 is 1.17 bits per heavy atom. The number of nitrogens with one attached hydrogen (secondary N) is 1. The molecule has 1 N–H and O–H groups in total. The quantitative estimate of drug-likeness (QED) is 0.622. The monoisotopic (exact) mass is 448 g/mol. The third-order valence-corrected chi connectivity index (χ3v) is 7.50. The fraction of sp³-hybridized carbons (Fsp3) is 0.435. The number of hydrogen-bond acceptors (Lipinski definition) is 3. The number of halogens is 1. The number of sulfonamides is 1. The molecule has 1 amide bonds. The summed E-state index contributed by atoms with van der Waals surface area (Å²) in [5.74, 6) is -0.452. The summed E-state index contributed by atoms with van der Waals surface area (Å²) < 4.78 is 27.1. The van der Waals surface area contributed by atoms with Crippen molar-refractivity contribution in [2.24, 2.45) is 5.92 Å². The molecular formula is C23H29ClN2O3S. The van der Waals surface area contributed by atoms with Gasteiger partial charge in [0.1, 0.15) is 0 Å². The number of aryl methyl sites for hydroxylation is 2. The molecular weight excluding hydrogens is 420 g/mol. The number of amides is 1. The summed E-state index contributed by atoms with van der Waals surface area (Å²) in [5, 5.41) is 3.50. The Hall–Kier alpha value is -1.89. The van der Waals surface area contributed by atoms with E-state index in [1.54, 1.807) is 24.3 Å². The van der Waals surface area contributed by atoms with Gasteiger partial charge in [0.15, 0.2) is 0 Å². The van der Waals surface area contributed by atoms with Gasteiger partial charge in [-0.25, -0.2) is 12.7 Å². The maximum atomic E-state index is 12.8. The molecule has 0 spiro atoms. The normalized spacial score (nSPS) is 17.6. The molecule has 0 saturated carbocycles. The summed E-state index contributed by atoms with van der Waals surface area (Å²) in [6.45, 7) is 3.36. The summed E-state index contributed by atoms with van der Waals surface area (Å²) in [5.41, 5.74) is 3.15. The molecule has 2 aromatic rings. The van der Waals surface area contributed by atoms with Crippen molar-refractivity contribution in [3.8, 4) is 0 Å². The lowest BCUT2D eigenvalue weighted by molar-refractivity contribution is -0.126. The van der Waals surface area contributed by atoms with Crippen molar-refractivity contribution in [3.63, 3.8) is 0 Å². The number of carbonyl (C=O) groups is 1. The van der Waals surface area contributed by atoms with Gasteiger partial charge in [-0.15, -0.1) is 0 Å². The van der Waals surface area contributed by atoms with Crippen molar-refractivity contribution in [1.82, 2.24) is 9.62 Å². The molecule has 3 rings (SSSR count). The molecule has 0 unspecified atom stereocenters. The molecule has 1 heterocycles. The summed E-state index contributed by atoms with van der Waals surface area (Å²) in [4.78, 5) is 12.6. The van der Waals surface area contributed by atoms with Crippen molar-refractivity contribution >= 4 is 27.5 Å². The SMILES string of the molecule is Cc1ccc(CCCNC(=O)[C@@H]2CCCN(S(=O)(=O)Cc3cccc(Cl)c3)C2)cc1. The van der Waals surface area contributed by atoms with E-state index in [9.17, 15) is 13.2 Å². The Bertz CT molecular complexity index is 961. The Labute approximate surface area is 184 Å². The van der Waals surface area contributed by atoms with Gasteiger partial charge in [0.2, 0.25) is 15.9 Å². The van der Waals surface area contributed by atoms with E-state index in [2.05, 4.69) is 36.5 Å². The molecule has 1 atom stereocenters. The summed E-state index contributed by atoms with van der Waals surface area (Å²) in [6.07, 6.45) is 3.17. The second-order valence-electron chi connectivity index (χ2n) is 7.96. The Morgan fingerprint density at radius 3 is 2.67 bits per heavy atom. The van der Waals surface area contributed by atoms with Crippen LogP contribution in [0, 0.1) is 12.8 Å². The van der Waals surface area contributed by atoms with Gasteiger partial charge in [0, 0.05) is 24.7 Å². The van der Waals surface area contributed by atoms with Gasteiger partial charge in [-0.1, -0.05) is 53.6 Å². The van der Waals surface area contributed by atoms with Gasteiger partial charge in [-0.05, 0) is 55.9 Å². The molecule has 1 aliphatic rings. The molecule has 5 nitrogen and oxygen atoms in total. The van der Waals surface area contributed by atoms with Crippen molar-refractivity contribution in [3.05, 3.63) is 70.2 Å². The van der Waals surface area contributed by atoms with Crippen molar-refractivity contribution in [2.75, 3.05) is 19.6 Å². The highest BCUT2D eigenvalue weighted by atomic mass is 35.5. The maximum absolute atomic E-state index is 12.8. The van der Waals surface area contributed by atoms with E-state index in [0.717, 1.165) is 12.8 Å². The lowest BCUT2D eigenvalue weighted by Crippen LogP contribution is -2.45. The van der Waals surface area contributed by atoms with Gasteiger partial charge in [-0.2, -0.15) is 0 Å². The highest BCUT2D eigenvalue weighted by molar-refractivity contribution is 7.88. The molecule has 0 aromatic heterocycles. The van der Waals surface area contributed by atoms with Crippen LogP contribution in [-0.4, -0.2) is 38.3 Å². The molecule has 0 aliphatic carbocycles. The van der Waals surface area contributed by atoms with Gasteiger partial charge in [0.25, 0.3) is 0 Å². The number of nitrogens with zero attached hydrogens (tertiary/aromatic N) is 1. The lowest BCUT2D eigenvalue weighted by Gasteiger charge is -2.31. The van der Waals surface area contributed by atoms with Crippen LogP contribution in [0.5, 0.6) is 0 Å². The molecule has 1 aliphatic heterocycles. The first-order valence-corrected chi connectivity index (χ1v) is 12.4. The first-order valence-electron chi connectivity index (χ1n) is 10.4. The zero-order valence-electron chi connectivity index (χ0n) is 17.3. The third-order valence-electron chi connectivity index (χ3n) is 5.45. The average Bonchev–Trinajstić information content (AvgIpc) is 2.72. The molecule has 1 fully saturated rings. The van der Waals surface area contributed by atoms with E-state index >= 15 is 0 Å². The third kappa shape index (κ3) is 6.56. The van der Waals surface area contributed by atoms with E-state index in [1.807, 2.05) is 0 Å². The minimum absolute atomic E-state index is 0.0541. The topological polar surface area (TPSA) is 66.5 Å². The van der Waals surface area contributed by atoms with Crippen LogP contribution in [-0.2, 0) is 27.0 Å². The van der Waals surface area contributed by atoms with E-state index in [4.69, 9.17) is 11.6 Å². The molecule has 0 bridgehead atoms. The summed E-state index contributed by atoms with van der Waals surface area (Å²) >= 11 is 5.97. The minimum Gasteiger partial charge on any atom is -0.356 e. The summed E-state index contributed by atoms with van der Waals surface area (Å²) in [7, 11) is -3.49. The highest BCUT2D eigenvalue weighted by Crippen LogP contribution is 2.22. The molecule has 30 heavy (non-hydrogen) atoms. The van der Waals surface area contributed by atoms with Crippen molar-refractivity contribution in [1.29, 1.82) is 0 Å². The largest absolute Gasteiger partial charge is 0.356 e. The first kappa shape index (κ1) is 22.8. The number of piperidine rings is 1. The van der Waals surface area contributed by atoms with E-state index < -0.39 is 10.0 Å². The molecule has 1 saturated heterocycles. The standard InChI is InChI=1S/C23H29ClN2O3S/c1-18-9-11-19(12-10-18)6-3-13-25-23(27)21-7-4-14-26(16-21)30(28,29)17-20-5-2-8-22(24)15-20/h2,5,8-12,15,21H,3-4,6-7,13-14,16-17H2,1H3,(H,25,27)/t21-/m1/s1. The molecule has 7 heteroatoms. The Morgan fingerprint density at radius 2 is 1.93 bits per heavy atom. The van der Waals surface area contributed by atoms with Gasteiger partial charge in [0.05, 0.1) is 11.7 Å². The number of rotatable bonds is 8. The predicted octanol–water partition coefficient (Wildman–Crippen LogP) is 3.94. The number of hydrogen-bond donors (Lipinski definition) is 1. The van der Waals surface area contributed by atoms with Gasteiger partial charge >= 0.3 is 0 Å². The van der Waals surface area contributed by atoms with Crippen LogP contribution in [0.25, 0.3) is 0 Å². The zero-order chi connectivity index (χ0) is 21.6. The number of benzene rings is 2. The van der Waals surface area contributed by atoms with Crippen molar-refractivity contribution in [2.45, 2.75) is 38.4 Å². The zero-order valence-corrected chi connectivity index (χ0v) is 18.9. The number of carbonyl (C=O) groups excluding carboxylic acids is 1. The van der Waals surface area contributed by atoms with Crippen LogP contribution in [0.2, 0.25) is 5.02 Å². The van der Waals surface area contributed by atoms with Crippen molar-refractivity contribution < 1.29 is 13.2 Å². The minimum atomic E-state index is -3.49. The van der Waals surface area contributed by atoms with E-state index in [-0.39, 0.29) is 24.1 Å². The van der Waals surface area contributed by atoms with Crippen LogP contribution in [0.4, 0.5) is 0 Å². The van der Waals surface area contributed by atoms with Gasteiger partial charge < -0.3 is 5.32 Å². The van der Waals surface area contributed by atoms with Crippen LogP contribution in [0.1, 0.15) is 36.0 Å². The molecule has 2 aromatic carbocycles. The summed E-state index contributed by atoms with van der Waals surface area (Å²) in [6, 6.07) is 15.3.